The predicted octanol–water partition coefficient (Wildman–Crippen LogP) is 4.59. The second-order valence-electron chi connectivity index (χ2n) is 7.60. The summed E-state index contributed by atoms with van der Waals surface area (Å²) in [6, 6.07) is 7.19. The molecule has 24 heavy (non-hydrogen) atoms. The second kappa shape index (κ2) is 6.87. The minimum Gasteiger partial charge on any atom is -0.462 e. The highest BCUT2D eigenvalue weighted by atomic mass is 16.5. The summed E-state index contributed by atoms with van der Waals surface area (Å²) in [6.45, 7) is 11.6. The summed E-state index contributed by atoms with van der Waals surface area (Å²) in [7, 11) is 0. The van der Waals surface area contributed by atoms with Crippen molar-refractivity contribution < 1.29 is 16.4 Å². The van der Waals surface area contributed by atoms with Crippen molar-refractivity contribution in [3.05, 3.63) is 35.4 Å². The molecule has 0 aromatic heterocycles. The van der Waals surface area contributed by atoms with Gasteiger partial charge in [-0.1, -0.05) is 31.2 Å². The van der Waals surface area contributed by atoms with E-state index in [4.69, 9.17) is 11.6 Å². The van der Waals surface area contributed by atoms with Crippen LogP contribution in [-0.4, -0.2) is 23.2 Å². The van der Waals surface area contributed by atoms with Gasteiger partial charge in [0.25, 0.3) is 0 Å². The van der Waals surface area contributed by atoms with Crippen molar-refractivity contribution >= 4 is 5.97 Å². The number of ether oxygens (including phenoxy) is 1. The first-order valence-corrected chi connectivity index (χ1v) is 8.49. The van der Waals surface area contributed by atoms with E-state index in [2.05, 4.69) is 5.32 Å². The maximum absolute atomic E-state index is 13.3. The number of benzene rings is 1. The second-order valence-corrected chi connectivity index (χ2v) is 7.60. The SMILES string of the molecule is [2H]C1([2H])C([2H])(C)C(C)(C)N[C@@](C)([C@H](C(=O)OC(C)C)c2ccccc2C)C1([2H])[2H]. The predicted molar refractivity (Wildman–Crippen MR) is 99.2 cm³/mol. The fourth-order valence-corrected chi connectivity index (χ4v) is 3.18. The monoisotopic (exact) mass is 336 g/mol. The highest BCUT2D eigenvalue weighted by molar-refractivity contribution is 5.81. The molecule has 1 N–H and O–H groups in total. The van der Waals surface area contributed by atoms with E-state index in [9.17, 15) is 4.79 Å². The summed E-state index contributed by atoms with van der Waals surface area (Å²) in [5.74, 6) is -3.51. The fraction of sp³-hybridized carbons (Fsp3) is 0.667. The molecule has 1 aromatic rings. The van der Waals surface area contributed by atoms with Crippen LogP contribution in [0.15, 0.2) is 24.3 Å². The Bertz CT molecular complexity index is 791. The maximum atomic E-state index is 13.3. The molecule has 1 saturated heterocycles. The normalized spacial score (nSPS) is 38.1. The van der Waals surface area contributed by atoms with E-state index in [0.717, 1.165) is 5.56 Å². The Labute approximate surface area is 154 Å². The fourth-order valence-electron chi connectivity index (χ4n) is 3.18. The van der Waals surface area contributed by atoms with Crippen molar-refractivity contribution in [3.63, 3.8) is 0 Å². The van der Waals surface area contributed by atoms with Crippen molar-refractivity contribution in [3.8, 4) is 0 Å². The lowest BCUT2D eigenvalue weighted by atomic mass is 9.68. The number of aryl methyl sites for hydroxylation is 1. The largest absolute Gasteiger partial charge is 0.462 e. The van der Waals surface area contributed by atoms with E-state index >= 15 is 0 Å². The van der Waals surface area contributed by atoms with E-state index in [0.29, 0.717) is 5.56 Å². The molecule has 3 atom stereocenters. The van der Waals surface area contributed by atoms with E-state index < -0.39 is 47.7 Å². The Hall–Kier alpha value is -1.35. The quantitative estimate of drug-likeness (QED) is 0.818. The van der Waals surface area contributed by atoms with E-state index in [1.807, 2.05) is 19.1 Å². The van der Waals surface area contributed by atoms with Crippen molar-refractivity contribution in [1.82, 2.24) is 5.32 Å². The zero-order valence-corrected chi connectivity index (χ0v) is 15.8. The lowest BCUT2D eigenvalue weighted by Crippen LogP contribution is -2.64. The van der Waals surface area contributed by atoms with Crippen LogP contribution < -0.4 is 5.32 Å². The summed E-state index contributed by atoms with van der Waals surface area (Å²) < 4.78 is 49.2. The molecule has 1 aromatic carbocycles. The number of piperidine rings is 1. The molecule has 1 aliphatic rings. The number of hydrogen-bond acceptors (Lipinski definition) is 3. The third-order valence-electron chi connectivity index (χ3n) is 4.68. The van der Waals surface area contributed by atoms with E-state index in [-0.39, 0.29) is 0 Å². The Morgan fingerprint density at radius 3 is 2.58 bits per heavy atom. The van der Waals surface area contributed by atoms with Crippen molar-refractivity contribution in [2.45, 2.75) is 84.3 Å². The Balaban J connectivity index is 2.80. The van der Waals surface area contributed by atoms with Crippen LogP contribution in [0.2, 0.25) is 0 Å². The minimum absolute atomic E-state index is 0.404. The van der Waals surface area contributed by atoms with Gasteiger partial charge >= 0.3 is 5.97 Å². The molecule has 0 spiro atoms. The lowest BCUT2D eigenvalue weighted by molar-refractivity contribution is -0.152. The molecular formula is C21H33NO2. The van der Waals surface area contributed by atoms with Gasteiger partial charge in [-0.05, 0) is 71.3 Å². The summed E-state index contributed by atoms with van der Waals surface area (Å²) in [4.78, 5) is 13.3. The number of esters is 1. The van der Waals surface area contributed by atoms with Crippen molar-refractivity contribution in [1.29, 1.82) is 0 Å². The standard InChI is InChI=1S/C21H33NO2/c1-14(2)24-19(23)18(17-11-9-8-10-15(17)3)21(7)13-12-16(4)20(5,6)22-21/h8-11,14,16,18,22H,12-13H2,1-7H3/t16?,18-,21+/m0/s1/i12D2,13D2,16D. The molecule has 1 unspecified atom stereocenters. The zero-order chi connectivity index (χ0) is 22.6. The molecule has 0 amide bonds. The molecule has 3 heteroatoms. The highest BCUT2D eigenvalue weighted by Crippen LogP contribution is 2.42. The summed E-state index contributed by atoms with van der Waals surface area (Å²) in [5, 5.41) is 3.18. The molecule has 0 radical (unpaired) electrons. The first-order chi connectivity index (χ1) is 12.9. The van der Waals surface area contributed by atoms with Gasteiger partial charge in [0, 0.05) is 17.9 Å². The topological polar surface area (TPSA) is 38.3 Å². The van der Waals surface area contributed by atoms with Gasteiger partial charge in [0.2, 0.25) is 0 Å². The molecule has 1 fully saturated rings. The van der Waals surface area contributed by atoms with Gasteiger partial charge in [0.05, 0.1) is 12.0 Å². The van der Waals surface area contributed by atoms with Gasteiger partial charge in [-0.25, -0.2) is 0 Å². The average Bonchev–Trinajstić information content (AvgIpc) is 2.54. The molecule has 0 saturated carbocycles. The van der Waals surface area contributed by atoms with Crippen LogP contribution in [0, 0.1) is 12.8 Å². The van der Waals surface area contributed by atoms with Crippen molar-refractivity contribution in [2.24, 2.45) is 5.89 Å². The van der Waals surface area contributed by atoms with Crippen LogP contribution in [0.25, 0.3) is 0 Å². The first kappa shape index (κ1) is 12.9. The van der Waals surface area contributed by atoms with Gasteiger partial charge in [0.15, 0.2) is 0 Å². The Kier molecular flexibility index (Phi) is 3.70. The highest BCUT2D eigenvalue weighted by Gasteiger charge is 2.48. The summed E-state index contributed by atoms with van der Waals surface area (Å²) >= 11 is 0. The molecule has 0 aliphatic carbocycles. The molecular weight excluding hydrogens is 298 g/mol. The maximum Gasteiger partial charge on any atom is 0.315 e. The van der Waals surface area contributed by atoms with Crippen molar-refractivity contribution in [2.75, 3.05) is 0 Å². The minimum atomic E-state index is -2.56. The number of carbonyl (C=O) groups is 1. The smallest absolute Gasteiger partial charge is 0.315 e. The van der Waals surface area contributed by atoms with Gasteiger partial charge in [-0.2, -0.15) is 0 Å². The molecule has 0 bridgehead atoms. The van der Waals surface area contributed by atoms with Crippen LogP contribution in [-0.2, 0) is 9.53 Å². The third kappa shape index (κ3) is 3.83. The zero-order valence-electron chi connectivity index (χ0n) is 20.8. The molecule has 1 heterocycles. The molecule has 134 valence electrons. The van der Waals surface area contributed by atoms with Gasteiger partial charge in [-0.3, -0.25) is 4.79 Å². The van der Waals surface area contributed by atoms with Gasteiger partial charge in [-0.15, -0.1) is 0 Å². The first-order valence-electron chi connectivity index (χ1n) is 11.0. The third-order valence-corrected chi connectivity index (χ3v) is 4.68. The van der Waals surface area contributed by atoms with E-state index in [1.165, 1.54) is 13.8 Å². The number of rotatable bonds is 4. The lowest BCUT2D eigenvalue weighted by Gasteiger charge is -2.51. The Morgan fingerprint density at radius 2 is 2.00 bits per heavy atom. The van der Waals surface area contributed by atoms with Gasteiger partial charge in [0.1, 0.15) is 0 Å². The van der Waals surface area contributed by atoms with E-state index in [1.54, 1.807) is 39.8 Å². The van der Waals surface area contributed by atoms with Crippen LogP contribution >= 0.6 is 0 Å². The van der Waals surface area contributed by atoms with Crippen LogP contribution in [0.3, 0.4) is 0 Å². The van der Waals surface area contributed by atoms with Gasteiger partial charge < -0.3 is 10.1 Å². The molecule has 3 nitrogen and oxygen atoms in total. The average molecular weight is 337 g/mol. The molecule has 1 aliphatic heterocycles. The van der Waals surface area contributed by atoms with Crippen LogP contribution in [0.4, 0.5) is 0 Å². The van der Waals surface area contributed by atoms with Crippen LogP contribution in [0.5, 0.6) is 0 Å². The number of nitrogens with one attached hydrogen (secondary N) is 1. The summed E-state index contributed by atoms with van der Waals surface area (Å²) in [6.07, 6.45) is -5.52. The summed E-state index contributed by atoms with van der Waals surface area (Å²) in [5.41, 5.74) is -1.43. The number of hydrogen-bond donors (Lipinski definition) is 1. The van der Waals surface area contributed by atoms with Crippen LogP contribution in [0.1, 0.15) is 78.2 Å². The number of carbonyl (C=O) groups excluding carboxylic acids is 1. The molecule has 2 rings (SSSR count). The Morgan fingerprint density at radius 1 is 1.38 bits per heavy atom.